The first-order valence-electron chi connectivity index (χ1n) is 16.9. The average molecular weight is 593 g/mol. The first kappa shape index (κ1) is 30.6. The van der Waals surface area contributed by atoms with Crippen molar-refractivity contribution in [1.29, 1.82) is 0 Å². The first-order chi connectivity index (χ1) is 20.8. The van der Waals surface area contributed by atoms with Gasteiger partial charge < -0.3 is 5.11 Å². The summed E-state index contributed by atoms with van der Waals surface area (Å²) in [4.78, 5) is 9.47. The van der Waals surface area contributed by atoms with Gasteiger partial charge in [-0.05, 0) is 108 Å². The molecular formula is C37H47F3N2O. The van der Waals surface area contributed by atoms with Gasteiger partial charge in [0.15, 0.2) is 0 Å². The second kappa shape index (κ2) is 12.9. The first-order valence-corrected chi connectivity index (χ1v) is 16.9. The van der Waals surface area contributed by atoms with Crippen LogP contribution in [0.3, 0.4) is 0 Å². The number of aliphatic imine (C=N–C) groups is 2. The molecule has 0 bridgehead atoms. The maximum atomic E-state index is 15.0. The highest BCUT2D eigenvalue weighted by molar-refractivity contribution is 5.85. The van der Waals surface area contributed by atoms with E-state index in [4.69, 9.17) is 4.99 Å². The number of hydrogen-bond donors (Lipinski definition) is 1. The van der Waals surface area contributed by atoms with Crippen molar-refractivity contribution in [2.45, 2.75) is 115 Å². The topological polar surface area (TPSA) is 45.0 Å². The summed E-state index contributed by atoms with van der Waals surface area (Å²) >= 11 is 0. The molecule has 2 fully saturated rings. The van der Waals surface area contributed by atoms with E-state index >= 15 is 0 Å². The highest BCUT2D eigenvalue weighted by Gasteiger charge is 2.42. The zero-order chi connectivity index (χ0) is 30.1. The van der Waals surface area contributed by atoms with Gasteiger partial charge in [-0.25, -0.2) is 0 Å². The molecule has 6 rings (SSSR count). The van der Waals surface area contributed by atoms with Crippen LogP contribution in [0.1, 0.15) is 125 Å². The standard InChI is InChI=1S/C37H47F3N2O/c1-3-25-15-16-41-36-34(25)31(20-32(35(36)37(38,39)40)27-12-8-7-9-24(17-27)22-43)28-13-14-29-18-30(21-42-33(29)19-28)23(2)26-10-5-4-6-11-26/h13-14,16,19-21,23-27,30,43H,3-12,15,17-18,22H2,1-2H3. The third kappa shape index (κ3) is 6.23. The Morgan fingerprint density at radius 3 is 2.49 bits per heavy atom. The molecule has 5 atom stereocenters. The van der Waals surface area contributed by atoms with E-state index in [1.54, 1.807) is 6.21 Å². The molecule has 5 unspecified atom stereocenters. The van der Waals surface area contributed by atoms with Crippen molar-refractivity contribution in [3.05, 3.63) is 46.5 Å². The van der Waals surface area contributed by atoms with Gasteiger partial charge in [-0.15, -0.1) is 0 Å². The smallest absolute Gasteiger partial charge is 0.396 e. The van der Waals surface area contributed by atoms with E-state index in [1.165, 1.54) is 37.7 Å². The summed E-state index contributed by atoms with van der Waals surface area (Å²) < 4.78 is 44.9. The van der Waals surface area contributed by atoms with Crippen molar-refractivity contribution in [2.75, 3.05) is 6.61 Å². The fourth-order valence-electron chi connectivity index (χ4n) is 8.62. The lowest BCUT2D eigenvalue weighted by atomic mass is 9.73. The molecule has 6 heteroatoms. The second-order valence-electron chi connectivity index (χ2n) is 13.8. The van der Waals surface area contributed by atoms with Crippen LogP contribution in [0.2, 0.25) is 0 Å². The zero-order valence-electron chi connectivity index (χ0n) is 25.8. The fourth-order valence-corrected chi connectivity index (χ4v) is 8.62. The van der Waals surface area contributed by atoms with E-state index < -0.39 is 11.7 Å². The summed E-state index contributed by atoms with van der Waals surface area (Å²) in [7, 11) is 0. The molecule has 2 heterocycles. The molecule has 2 aliphatic carbocycles. The number of benzene rings is 2. The van der Waals surface area contributed by atoms with Crippen molar-refractivity contribution < 1.29 is 18.3 Å². The predicted octanol–water partition coefficient (Wildman–Crippen LogP) is 10.7. The van der Waals surface area contributed by atoms with Crippen LogP contribution in [0.25, 0.3) is 11.1 Å². The molecule has 0 saturated heterocycles. The van der Waals surface area contributed by atoms with Gasteiger partial charge in [0.1, 0.15) is 0 Å². The van der Waals surface area contributed by atoms with Gasteiger partial charge in [0.25, 0.3) is 0 Å². The molecule has 2 aliphatic heterocycles. The summed E-state index contributed by atoms with van der Waals surface area (Å²) in [5, 5.41) is 9.98. The third-order valence-electron chi connectivity index (χ3n) is 11.2. The number of halogens is 3. The molecule has 1 N–H and O–H groups in total. The monoisotopic (exact) mass is 592 g/mol. The minimum absolute atomic E-state index is 0.0165. The maximum absolute atomic E-state index is 15.0. The zero-order valence-corrected chi connectivity index (χ0v) is 25.8. The number of aliphatic hydroxyl groups is 1. The molecule has 2 saturated carbocycles. The van der Waals surface area contributed by atoms with Crippen LogP contribution < -0.4 is 0 Å². The molecule has 4 aliphatic rings. The Labute approximate surface area is 255 Å². The fraction of sp³-hybridized carbons (Fsp3) is 0.622. The average Bonchev–Trinajstić information content (AvgIpc) is 3.28. The summed E-state index contributed by atoms with van der Waals surface area (Å²) in [6.45, 7) is 4.47. The molecule has 0 amide bonds. The van der Waals surface area contributed by atoms with Crippen molar-refractivity contribution in [1.82, 2.24) is 0 Å². The molecule has 0 aromatic heterocycles. The van der Waals surface area contributed by atoms with Gasteiger partial charge in [0.05, 0.1) is 16.9 Å². The highest BCUT2D eigenvalue weighted by atomic mass is 19.4. The number of fused-ring (bicyclic) bond motifs is 2. The molecular weight excluding hydrogens is 545 g/mol. The van der Waals surface area contributed by atoms with Gasteiger partial charge >= 0.3 is 6.18 Å². The van der Waals surface area contributed by atoms with Crippen LogP contribution >= 0.6 is 0 Å². The maximum Gasteiger partial charge on any atom is 0.418 e. The largest absolute Gasteiger partial charge is 0.418 e. The Kier molecular flexibility index (Phi) is 9.14. The number of nitrogens with zero attached hydrogens (tertiary/aromatic N) is 2. The second-order valence-corrected chi connectivity index (χ2v) is 13.8. The van der Waals surface area contributed by atoms with Crippen LogP contribution in [0, 0.1) is 23.7 Å². The van der Waals surface area contributed by atoms with Gasteiger partial charge in [0.2, 0.25) is 0 Å². The molecule has 3 nitrogen and oxygen atoms in total. The van der Waals surface area contributed by atoms with Crippen molar-refractivity contribution in [3.8, 4) is 11.1 Å². The number of aliphatic hydroxyl groups excluding tert-OH is 1. The molecule has 0 spiro atoms. The normalized spacial score (nSPS) is 26.9. The summed E-state index contributed by atoms with van der Waals surface area (Å²) in [5.74, 6) is 1.56. The summed E-state index contributed by atoms with van der Waals surface area (Å²) in [6, 6.07) is 8.25. The lowest BCUT2D eigenvalue weighted by Gasteiger charge is -2.33. The predicted molar refractivity (Wildman–Crippen MR) is 170 cm³/mol. The Bertz CT molecular complexity index is 1360. The lowest BCUT2D eigenvalue weighted by Crippen LogP contribution is -2.26. The lowest BCUT2D eigenvalue weighted by molar-refractivity contribution is -0.137. The van der Waals surface area contributed by atoms with Crippen molar-refractivity contribution >= 4 is 23.8 Å². The van der Waals surface area contributed by atoms with E-state index in [-0.39, 0.29) is 30.0 Å². The Morgan fingerprint density at radius 2 is 1.74 bits per heavy atom. The molecule has 232 valence electrons. The van der Waals surface area contributed by atoms with Gasteiger partial charge in [-0.2, -0.15) is 13.2 Å². The SMILES string of the molecule is CCC1CC=Nc2c1c(-c1ccc3c(c1)N=CC(C(C)C1CCCCC1)C3)cc(C1CCCCC(CO)C1)c2C(F)(F)F. The quantitative estimate of drug-likeness (QED) is 0.333. The Hall–Kier alpha value is -2.47. The minimum Gasteiger partial charge on any atom is -0.396 e. The molecule has 2 aromatic rings. The van der Waals surface area contributed by atoms with Gasteiger partial charge in [0, 0.05) is 25.0 Å². The van der Waals surface area contributed by atoms with Crippen molar-refractivity contribution in [2.24, 2.45) is 33.7 Å². The van der Waals surface area contributed by atoms with Crippen LogP contribution in [0.5, 0.6) is 0 Å². The third-order valence-corrected chi connectivity index (χ3v) is 11.2. The van der Waals surface area contributed by atoms with Crippen LogP contribution in [0.4, 0.5) is 24.5 Å². The van der Waals surface area contributed by atoms with E-state index in [0.717, 1.165) is 60.4 Å². The van der Waals surface area contributed by atoms with Gasteiger partial charge in [-0.3, -0.25) is 9.98 Å². The summed E-state index contributed by atoms with van der Waals surface area (Å²) in [5.41, 5.74) is 4.65. The van der Waals surface area contributed by atoms with Crippen molar-refractivity contribution in [3.63, 3.8) is 0 Å². The number of alkyl halides is 3. The van der Waals surface area contributed by atoms with E-state index in [2.05, 4.69) is 43.3 Å². The summed E-state index contributed by atoms with van der Waals surface area (Å²) in [6.07, 6.45) is 12.3. The molecule has 0 radical (unpaired) electrons. The number of hydrogen-bond acceptors (Lipinski definition) is 3. The van der Waals surface area contributed by atoms with E-state index in [9.17, 15) is 18.3 Å². The van der Waals surface area contributed by atoms with Crippen LogP contribution in [0.15, 0.2) is 34.3 Å². The van der Waals surface area contributed by atoms with E-state index in [1.807, 2.05) is 6.07 Å². The molecule has 2 aromatic carbocycles. The highest BCUT2D eigenvalue weighted by Crippen LogP contribution is 2.53. The molecule has 43 heavy (non-hydrogen) atoms. The minimum atomic E-state index is -4.50. The van der Waals surface area contributed by atoms with Crippen LogP contribution in [-0.2, 0) is 12.6 Å². The Morgan fingerprint density at radius 1 is 0.977 bits per heavy atom. The number of rotatable bonds is 6. The van der Waals surface area contributed by atoms with Crippen LogP contribution in [-0.4, -0.2) is 24.1 Å². The van der Waals surface area contributed by atoms with E-state index in [0.29, 0.717) is 36.7 Å². The Balaban J connectivity index is 1.43. The van der Waals surface area contributed by atoms with Gasteiger partial charge in [-0.1, -0.05) is 70.9 Å².